The maximum Gasteiger partial charge on any atom is 0.133 e. The maximum atomic E-state index is 4.42. The van der Waals surface area contributed by atoms with Crippen LogP contribution in [0, 0.1) is 5.92 Å². The molecule has 0 atom stereocenters. The van der Waals surface area contributed by atoms with Crippen molar-refractivity contribution in [3.05, 3.63) is 11.6 Å². The van der Waals surface area contributed by atoms with Gasteiger partial charge in [-0.1, -0.05) is 6.42 Å². The fourth-order valence-corrected chi connectivity index (χ4v) is 3.23. The van der Waals surface area contributed by atoms with Crippen LogP contribution >= 0.6 is 0 Å². The molecular weight excluding hydrogens is 224 g/mol. The molecule has 0 saturated carbocycles. The molecule has 0 unspecified atom stereocenters. The second-order valence-electron chi connectivity index (χ2n) is 5.73. The molecule has 4 nitrogen and oxygen atoms in total. The quantitative estimate of drug-likeness (QED) is 0.889. The fraction of sp³-hybridized carbons (Fsp3) is 0.857. The van der Waals surface area contributed by atoms with E-state index in [0.29, 0.717) is 0 Å². The summed E-state index contributed by atoms with van der Waals surface area (Å²) < 4.78 is 2.40. The number of nitrogens with zero attached hydrogens (tertiary/aromatic N) is 3. The van der Waals surface area contributed by atoms with Crippen LogP contribution in [0.25, 0.3) is 0 Å². The maximum absolute atomic E-state index is 4.42. The van der Waals surface area contributed by atoms with E-state index >= 15 is 0 Å². The molecule has 1 aromatic rings. The van der Waals surface area contributed by atoms with Crippen LogP contribution < -0.4 is 5.32 Å². The summed E-state index contributed by atoms with van der Waals surface area (Å²) in [5.74, 6) is 3.36. The van der Waals surface area contributed by atoms with Gasteiger partial charge in [0.2, 0.25) is 0 Å². The molecule has 18 heavy (non-hydrogen) atoms. The van der Waals surface area contributed by atoms with Gasteiger partial charge >= 0.3 is 0 Å². The predicted molar refractivity (Wildman–Crippen MR) is 71.5 cm³/mol. The SMILES string of the molecule is C1CCc2nnc(CCC3CCNCC3)n2CC1. The van der Waals surface area contributed by atoms with Crippen LogP contribution in [0.15, 0.2) is 0 Å². The molecule has 1 saturated heterocycles. The van der Waals surface area contributed by atoms with Gasteiger partial charge in [0.15, 0.2) is 0 Å². The lowest BCUT2D eigenvalue weighted by Crippen LogP contribution is -2.28. The van der Waals surface area contributed by atoms with Gasteiger partial charge in [0.05, 0.1) is 0 Å². The second-order valence-corrected chi connectivity index (χ2v) is 5.73. The van der Waals surface area contributed by atoms with Crippen LogP contribution in [0.1, 0.15) is 50.2 Å². The molecule has 1 fully saturated rings. The molecule has 1 N–H and O–H groups in total. The molecule has 0 spiro atoms. The number of fused-ring (bicyclic) bond motifs is 1. The predicted octanol–water partition coefficient (Wildman–Crippen LogP) is 1.94. The van der Waals surface area contributed by atoms with Gasteiger partial charge in [-0.3, -0.25) is 0 Å². The van der Waals surface area contributed by atoms with Crippen LogP contribution in [-0.2, 0) is 19.4 Å². The summed E-state index contributed by atoms with van der Waals surface area (Å²) in [7, 11) is 0. The minimum Gasteiger partial charge on any atom is -0.317 e. The smallest absolute Gasteiger partial charge is 0.133 e. The lowest BCUT2D eigenvalue weighted by molar-refractivity contribution is 0.350. The molecule has 0 radical (unpaired) electrons. The van der Waals surface area contributed by atoms with Crippen molar-refractivity contribution < 1.29 is 0 Å². The Bertz CT molecular complexity index is 379. The van der Waals surface area contributed by atoms with Crippen LogP contribution in [0.4, 0.5) is 0 Å². The fourth-order valence-electron chi connectivity index (χ4n) is 3.23. The average molecular weight is 248 g/mol. The molecule has 2 aliphatic heterocycles. The van der Waals surface area contributed by atoms with Crippen molar-refractivity contribution in [3.63, 3.8) is 0 Å². The zero-order valence-corrected chi connectivity index (χ0v) is 11.2. The highest BCUT2D eigenvalue weighted by molar-refractivity contribution is 4.98. The van der Waals surface area contributed by atoms with Gasteiger partial charge in [0.25, 0.3) is 0 Å². The van der Waals surface area contributed by atoms with Crippen molar-refractivity contribution in [2.24, 2.45) is 5.92 Å². The van der Waals surface area contributed by atoms with Gasteiger partial charge in [-0.25, -0.2) is 0 Å². The second kappa shape index (κ2) is 5.83. The molecule has 3 rings (SSSR count). The Morgan fingerprint density at radius 1 is 1.11 bits per heavy atom. The normalized spacial score (nSPS) is 21.6. The van der Waals surface area contributed by atoms with Gasteiger partial charge in [0.1, 0.15) is 11.6 Å². The van der Waals surface area contributed by atoms with E-state index in [0.717, 1.165) is 25.3 Å². The van der Waals surface area contributed by atoms with Crippen molar-refractivity contribution in [1.82, 2.24) is 20.1 Å². The number of nitrogens with one attached hydrogen (secondary N) is 1. The molecule has 0 amide bonds. The summed E-state index contributed by atoms with van der Waals surface area (Å²) in [5.41, 5.74) is 0. The van der Waals surface area contributed by atoms with E-state index in [1.165, 1.54) is 63.3 Å². The Balaban J connectivity index is 1.60. The van der Waals surface area contributed by atoms with Crippen LogP contribution in [0.5, 0.6) is 0 Å². The standard InChI is InChI=1S/C14H24N4/c1-2-4-13-16-17-14(18(13)11-3-1)6-5-12-7-9-15-10-8-12/h12,15H,1-11H2. The van der Waals surface area contributed by atoms with Crippen LogP contribution in [0.2, 0.25) is 0 Å². The van der Waals surface area contributed by atoms with E-state index in [4.69, 9.17) is 0 Å². The summed E-state index contributed by atoms with van der Waals surface area (Å²) in [4.78, 5) is 0. The molecular formula is C14H24N4. The third-order valence-electron chi connectivity index (χ3n) is 4.42. The van der Waals surface area contributed by atoms with Crippen LogP contribution in [-0.4, -0.2) is 27.9 Å². The molecule has 100 valence electrons. The van der Waals surface area contributed by atoms with Gasteiger partial charge < -0.3 is 9.88 Å². The third-order valence-corrected chi connectivity index (χ3v) is 4.42. The highest BCUT2D eigenvalue weighted by Gasteiger charge is 2.17. The van der Waals surface area contributed by atoms with E-state index in [1.807, 2.05) is 0 Å². The number of aromatic nitrogens is 3. The lowest BCUT2D eigenvalue weighted by Gasteiger charge is -2.22. The molecule has 0 bridgehead atoms. The number of rotatable bonds is 3. The van der Waals surface area contributed by atoms with E-state index in [-0.39, 0.29) is 0 Å². The van der Waals surface area contributed by atoms with Gasteiger partial charge in [-0.2, -0.15) is 0 Å². The van der Waals surface area contributed by atoms with Gasteiger partial charge in [-0.05, 0) is 51.1 Å². The zero-order chi connectivity index (χ0) is 12.2. The first-order valence-corrected chi connectivity index (χ1v) is 7.55. The molecule has 4 heteroatoms. The number of hydrogen-bond acceptors (Lipinski definition) is 3. The van der Waals surface area contributed by atoms with Gasteiger partial charge in [-0.15, -0.1) is 10.2 Å². The summed E-state index contributed by atoms with van der Waals surface area (Å²) in [6.07, 6.45) is 10.1. The topological polar surface area (TPSA) is 42.7 Å². The lowest BCUT2D eigenvalue weighted by atomic mass is 9.93. The van der Waals surface area contributed by atoms with Crippen LogP contribution in [0.3, 0.4) is 0 Å². The number of piperidine rings is 1. The first-order valence-electron chi connectivity index (χ1n) is 7.55. The van der Waals surface area contributed by atoms with Crippen molar-refractivity contribution in [2.45, 2.75) is 57.9 Å². The first-order chi connectivity index (χ1) is 8.93. The van der Waals surface area contributed by atoms with Crippen molar-refractivity contribution >= 4 is 0 Å². The number of aryl methyl sites for hydroxylation is 2. The van der Waals surface area contributed by atoms with E-state index < -0.39 is 0 Å². The Kier molecular flexibility index (Phi) is 3.93. The van der Waals surface area contributed by atoms with Crippen molar-refractivity contribution in [2.75, 3.05) is 13.1 Å². The average Bonchev–Trinajstić information content (AvgIpc) is 2.65. The highest BCUT2D eigenvalue weighted by Crippen LogP contribution is 2.20. The Morgan fingerprint density at radius 3 is 2.89 bits per heavy atom. The Morgan fingerprint density at radius 2 is 2.00 bits per heavy atom. The monoisotopic (exact) mass is 248 g/mol. The molecule has 2 aliphatic rings. The van der Waals surface area contributed by atoms with Gasteiger partial charge in [0, 0.05) is 19.4 Å². The Labute approximate surface area is 109 Å². The summed E-state index contributed by atoms with van der Waals surface area (Å²) in [6, 6.07) is 0. The minimum atomic E-state index is 0.893. The summed E-state index contributed by atoms with van der Waals surface area (Å²) in [6.45, 7) is 3.54. The first kappa shape index (κ1) is 12.2. The molecule has 1 aromatic heterocycles. The summed E-state index contributed by atoms with van der Waals surface area (Å²) >= 11 is 0. The van der Waals surface area contributed by atoms with Crippen molar-refractivity contribution in [1.29, 1.82) is 0 Å². The molecule has 0 aromatic carbocycles. The van der Waals surface area contributed by atoms with E-state index in [2.05, 4.69) is 20.1 Å². The highest BCUT2D eigenvalue weighted by atomic mass is 15.3. The number of hydrogen-bond donors (Lipinski definition) is 1. The Hall–Kier alpha value is -0.900. The minimum absolute atomic E-state index is 0.893. The summed E-state index contributed by atoms with van der Waals surface area (Å²) in [5, 5.41) is 12.2. The largest absolute Gasteiger partial charge is 0.317 e. The van der Waals surface area contributed by atoms with Crippen molar-refractivity contribution in [3.8, 4) is 0 Å². The zero-order valence-electron chi connectivity index (χ0n) is 11.2. The third kappa shape index (κ3) is 2.74. The van der Waals surface area contributed by atoms with E-state index in [1.54, 1.807) is 0 Å². The molecule has 0 aliphatic carbocycles. The molecule has 3 heterocycles. The van der Waals surface area contributed by atoms with E-state index in [9.17, 15) is 0 Å².